The SMILES string of the molecule is CCOC(=O)CC1(C(=O)OCC)CC(c2ccc(OC)c(OC3CCCC3)c2)=NO1. The van der Waals surface area contributed by atoms with E-state index in [1.54, 1.807) is 27.0 Å². The molecule has 1 saturated carbocycles. The van der Waals surface area contributed by atoms with E-state index in [0.717, 1.165) is 31.2 Å². The molecule has 1 unspecified atom stereocenters. The predicted octanol–water partition coefficient (Wildman–Crippen LogP) is 3.40. The molecule has 1 aliphatic heterocycles. The molecule has 0 amide bonds. The summed E-state index contributed by atoms with van der Waals surface area (Å²) in [6.07, 6.45) is 4.34. The highest BCUT2D eigenvalue weighted by Gasteiger charge is 2.50. The van der Waals surface area contributed by atoms with Crippen molar-refractivity contribution in [2.24, 2.45) is 5.16 Å². The van der Waals surface area contributed by atoms with Crippen LogP contribution in [-0.2, 0) is 23.9 Å². The first-order chi connectivity index (χ1) is 14.5. The van der Waals surface area contributed by atoms with Crippen molar-refractivity contribution in [3.63, 3.8) is 0 Å². The molecule has 1 aromatic carbocycles. The van der Waals surface area contributed by atoms with Crippen molar-refractivity contribution in [1.29, 1.82) is 0 Å². The monoisotopic (exact) mass is 419 g/mol. The van der Waals surface area contributed by atoms with Crippen molar-refractivity contribution >= 4 is 17.7 Å². The number of esters is 2. The number of carbonyl (C=O) groups is 2. The van der Waals surface area contributed by atoms with E-state index in [-0.39, 0.29) is 32.2 Å². The number of nitrogens with zero attached hydrogens (tertiary/aromatic N) is 1. The van der Waals surface area contributed by atoms with Gasteiger partial charge in [0.1, 0.15) is 0 Å². The molecule has 1 fully saturated rings. The second-order valence-electron chi connectivity index (χ2n) is 7.39. The van der Waals surface area contributed by atoms with Gasteiger partial charge in [-0.25, -0.2) is 4.79 Å². The standard InChI is InChI=1S/C22H29NO7/c1-4-27-20(24)14-22(21(25)28-5-2)13-17(23-30-22)15-10-11-18(26-3)19(12-15)29-16-8-6-7-9-16/h10-12,16H,4-9,13-14H2,1-3H3. The van der Waals surface area contributed by atoms with Gasteiger partial charge >= 0.3 is 11.9 Å². The number of methoxy groups -OCH3 is 1. The fourth-order valence-corrected chi connectivity index (χ4v) is 3.75. The second kappa shape index (κ2) is 9.82. The van der Waals surface area contributed by atoms with Gasteiger partial charge < -0.3 is 23.8 Å². The topological polar surface area (TPSA) is 92.7 Å². The van der Waals surface area contributed by atoms with Gasteiger partial charge in [-0.15, -0.1) is 0 Å². The largest absolute Gasteiger partial charge is 0.493 e. The molecule has 0 N–H and O–H groups in total. The molecule has 0 aromatic heterocycles. The van der Waals surface area contributed by atoms with Gasteiger partial charge in [0.05, 0.1) is 38.6 Å². The lowest BCUT2D eigenvalue weighted by molar-refractivity contribution is -0.176. The van der Waals surface area contributed by atoms with Crippen molar-refractivity contribution in [3.05, 3.63) is 23.8 Å². The van der Waals surface area contributed by atoms with Crippen molar-refractivity contribution in [2.75, 3.05) is 20.3 Å². The lowest BCUT2D eigenvalue weighted by Crippen LogP contribution is -2.43. The summed E-state index contributed by atoms with van der Waals surface area (Å²) >= 11 is 0. The van der Waals surface area contributed by atoms with Crippen LogP contribution in [0, 0.1) is 0 Å². The molecule has 0 radical (unpaired) electrons. The molecule has 164 valence electrons. The normalized spacial score (nSPS) is 21.0. The van der Waals surface area contributed by atoms with E-state index in [2.05, 4.69) is 5.16 Å². The number of carbonyl (C=O) groups excluding carboxylic acids is 2. The van der Waals surface area contributed by atoms with Crippen LogP contribution in [0.5, 0.6) is 11.5 Å². The van der Waals surface area contributed by atoms with E-state index < -0.39 is 17.5 Å². The highest BCUT2D eigenvalue weighted by atomic mass is 16.7. The van der Waals surface area contributed by atoms with Crippen molar-refractivity contribution in [1.82, 2.24) is 0 Å². The average molecular weight is 419 g/mol. The minimum absolute atomic E-state index is 0.0971. The molecule has 0 saturated heterocycles. The molecule has 0 bridgehead atoms. The molecule has 1 aromatic rings. The highest BCUT2D eigenvalue weighted by molar-refractivity contribution is 6.06. The first kappa shape index (κ1) is 21.9. The number of benzene rings is 1. The fraction of sp³-hybridized carbons (Fsp3) is 0.591. The third-order valence-corrected chi connectivity index (χ3v) is 5.26. The van der Waals surface area contributed by atoms with Crippen molar-refractivity contribution in [2.45, 2.75) is 64.1 Å². The minimum Gasteiger partial charge on any atom is -0.493 e. The van der Waals surface area contributed by atoms with Crippen molar-refractivity contribution < 1.29 is 33.4 Å². The maximum Gasteiger partial charge on any atom is 0.354 e. The van der Waals surface area contributed by atoms with Crippen LogP contribution in [0.15, 0.2) is 23.4 Å². The summed E-state index contributed by atoms with van der Waals surface area (Å²) in [6, 6.07) is 5.47. The summed E-state index contributed by atoms with van der Waals surface area (Å²) in [4.78, 5) is 30.2. The Hall–Kier alpha value is -2.77. The van der Waals surface area contributed by atoms with Gasteiger partial charge in [0, 0.05) is 12.0 Å². The number of ether oxygens (including phenoxy) is 4. The first-order valence-corrected chi connectivity index (χ1v) is 10.4. The molecule has 3 rings (SSSR count). The van der Waals surface area contributed by atoms with Gasteiger partial charge in [-0.05, 0) is 57.7 Å². The molecule has 8 nitrogen and oxygen atoms in total. The summed E-state index contributed by atoms with van der Waals surface area (Å²) in [6.45, 7) is 3.79. The Kier molecular flexibility index (Phi) is 7.18. The van der Waals surface area contributed by atoms with Crippen LogP contribution in [-0.4, -0.2) is 49.7 Å². The van der Waals surface area contributed by atoms with E-state index in [1.807, 2.05) is 12.1 Å². The van der Waals surface area contributed by atoms with Gasteiger partial charge in [0.25, 0.3) is 0 Å². The van der Waals surface area contributed by atoms with Crippen LogP contribution < -0.4 is 9.47 Å². The Bertz CT molecular complexity index is 801. The van der Waals surface area contributed by atoms with Gasteiger partial charge in [-0.1, -0.05) is 5.16 Å². The zero-order chi connectivity index (χ0) is 21.6. The molecule has 1 atom stereocenters. The Balaban J connectivity index is 1.81. The predicted molar refractivity (Wildman–Crippen MR) is 109 cm³/mol. The zero-order valence-electron chi connectivity index (χ0n) is 17.8. The van der Waals surface area contributed by atoms with Crippen LogP contribution in [0.25, 0.3) is 0 Å². The summed E-state index contributed by atoms with van der Waals surface area (Å²) in [5, 5.41) is 4.12. The Morgan fingerprint density at radius 2 is 1.87 bits per heavy atom. The molecule has 1 heterocycles. The van der Waals surface area contributed by atoms with Crippen LogP contribution in [0.1, 0.15) is 57.9 Å². The smallest absolute Gasteiger partial charge is 0.354 e. The van der Waals surface area contributed by atoms with Gasteiger partial charge in [-0.3, -0.25) is 4.79 Å². The third kappa shape index (κ3) is 4.86. The fourth-order valence-electron chi connectivity index (χ4n) is 3.75. The van der Waals surface area contributed by atoms with E-state index in [1.165, 1.54) is 0 Å². The highest BCUT2D eigenvalue weighted by Crippen LogP contribution is 2.36. The lowest BCUT2D eigenvalue weighted by Gasteiger charge is -2.23. The minimum atomic E-state index is -1.52. The summed E-state index contributed by atoms with van der Waals surface area (Å²) in [5.74, 6) is 0.0895. The molecule has 1 aliphatic carbocycles. The summed E-state index contributed by atoms with van der Waals surface area (Å²) < 4.78 is 21.7. The molecule has 2 aliphatic rings. The number of hydrogen-bond acceptors (Lipinski definition) is 8. The summed E-state index contributed by atoms with van der Waals surface area (Å²) in [5.41, 5.74) is -0.255. The van der Waals surface area contributed by atoms with Gasteiger partial charge in [0.15, 0.2) is 11.5 Å². The Morgan fingerprint density at radius 1 is 1.13 bits per heavy atom. The van der Waals surface area contributed by atoms with Crippen LogP contribution in [0.2, 0.25) is 0 Å². The van der Waals surface area contributed by atoms with Gasteiger partial charge in [-0.2, -0.15) is 0 Å². The Morgan fingerprint density at radius 3 is 2.53 bits per heavy atom. The van der Waals surface area contributed by atoms with E-state index >= 15 is 0 Å². The molecular formula is C22H29NO7. The Labute approximate surface area is 176 Å². The average Bonchev–Trinajstić information content (AvgIpc) is 3.39. The van der Waals surface area contributed by atoms with E-state index in [0.29, 0.717) is 17.2 Å². The quantitative estimate of drug-likeness (QED) is 0.567. The molecular weight excluding hydrogens is 390 g/mol. The number of rotatable bonds is 9. The number of hydrogen-bond donors (Lipinski definition) is 0. The van der Waals surface area contributed by atoms with Crippen molar-refractivity contribution in [3.8, 4) is 11.5 Å². The maximum atomic E-state index is 12.6. The van der Waals surface area contributed by atoms with Crippen LogP contribution in [0.3, 0.4) is 0 Å². The number of oxime groups is 1. The second-order valence-corrected chi connectivity index (χ2v) is 7.39. The van der Waals surface area contributed by atoms with E-state index in [9.17, 15) is 9.59 Å². The first-order valence-electron chi connectivity index (χ1n) is 10.4. The van der Waals surface area contributed by atoms with Crippen LogP contribution >= 0.6 is 0 Å². The third-order valence-electron chi connectivity index (χ3n) is 5.26. The maximum absolute atomic E-state index is 12.6. The zero-order valence-corrected chi connectivity index (χ0v) is 17.8. The molecule has 8 heteroatoms. The molecule has 0 spiro atoms. The summed E-state index contributed by atoms with van der Waals surface area (Å²) in [7, 11) is 1.60. The lowest BCUT2D eigenvalue weighted by atomic mass is 9.91. The van der Waals surface area contributed by atoms with E-state index in [4.69, 9.17) is 23.8 Å². The van der Waals surface area contributed by atoms with Gasteiger partial charge in [0.2, 0.25) is 5.60 Å². The van der Waals surface area contributed by atoms with Crippen LogP contribution in [0.4, 0.5) is 0 Å². The molecule has 30 heavy (non-hydrogen) atoms.